The van der Waals surface area contributed by atoms with Crippen LogP contribution in [0.25, 0.3) is 0 Å². The summed E-state index contributed by atoms with van der Waals surface area (Å²) in [5.41, 5.74) is 0.167. The standard InChI is InChI=1S/C11H17O7P/c1-7(2)10(12)17-9(6-16-19(5,14)15)18-11(13)8(3)4/h9H,1,3,6H2,2,4-5H3,(H,14,15). The summed E-state index contributed by atoms with van der Waals surface area (Å²) in [6.07, 6.45) is -1.45. The molecule has 0 heterocycles. The minimum Gasteiger partial charge on any atom is -0.419 e. The molecule has 0 bridgehead atoms. The molecule has 0 aliphatic carbocycles. The van der Waals surface area contributed by atoms with Gasteiger partial charge in [-0.05, 0) is 13.8 Å². The van der Waals surface area contributed by atoms with Crippen LogP contribution in [0, 0.1) is 0 Å². The molecule has 0 aromatic rings. The third-order valence-corrected chi connectivity index (χ3v) is 2.25. The predicted molar refractivity (Wildman–Crippen MR) is 67.3 cm³/mol. The number of hydrogen-bond acceptors (Lipinski definition) is 6. The number of carbonyl (C=O) groups excluding carboxylic acids is 2. The van der Waals surface area contributed by atoms with Crippen LogP contribution in [0.5, 0.6) is 0 Å². The Bertz CT molecular complexity index is 406. The molecule has 0 saturated heterocycles. The van der Waals surface area contributed by atoms with E-state index in [1.165, 1.54) is 13.8 Å². The summed E-state index contributed by atoms with van der Waals surface area (Å²) in [4.78, 5) is 31.6. The van der Waals surface area contributed by atoms with Gasteiger partial charge in [-0.15, -0.1) is 0 Å². The third-order valence-electron chi connectivity index (χ3n) is 1.62. The lowest BCUT2D eigenvalue weighted by atomic mass is 10.3. The Morgan fingerprint density at radius 3 is 1.79 bits per heavy atom. The van der Waals surface area contributed by atoms with E-state index in [9.17, 15) is 14.2 Å². The SMILES string of the molecule is C=C(C)C(=O)OC(COP(C)(=O)O)OC(=O)C(=C)C. The fourth-order valence-corrected chi connectivity index (χ4v) is 1.13. The van der Waals surface area contributed by atoms with Gasteiger partial charge in [0.15, 0.2) is 0 Å². The molecule has 0 aliphatic heterocycles. The van der Waals surface area contributed by atoms with E-state index in [0.717, 1.165) is 6.66 Å². The van der Waals surface area contributed by atoms with Gasteiger partial charge < -0.3 is 18.9 Å². The lowest BCUT2D eigenvalue weighted by Crippen LogP contribution is -2.29. The summed E-state index contributed by atoms with van der Waals surface area (Å²) in [6, 6.07) is 0. The molecule has 0 aliphatic rings. The van der Waals surface area contributed by atoms with Crippen LogP contribution in [0.3, 0.4) is 0 Å². The molecule has 0 rings (SSSR count). The maximum Gasteiger partial charge on any atom is 0.336 e. The van der Waals surface area contributed by atoms with Crippen LogP contribution in [0.2, 0.25) is 0 Å². The van der Waals surface area contributed by atoms with Crippen LogP contribution in [0.15, 0.2) is 24.3 Å². The molecule has 1 unspecified atom stereocenters. The number of esters is 2. The molecule has 0 aromatic heterocycles. The third kappa shape index (κ3) is 8.31. The second-order valence-electron chi connectivity index (χ2n) is 3.90. The highest BCUT2D eigenvalue weighted by Crippen LogP contribution is 2.36. The molecule has 1 atom stereocenters. The number of ether oxygens (including phenoxy) is 2. The predicted octanol–water partition coefficient (Wildman–Crippen LogP) is 1.38. The largest absolute Gasteiger partial charge is 0.419 e. The van der Waals surface area contributed by atoms with Crippen LogP contribution < -0.4 is 0 Å². The van der Waals surface area contributed by atoms with E-state index in [-0.39, 0.29) is 11.1 Å². The quantitative estimate of drug-likeness (QED) is 0.327. The molecule has 0 fully saturated rings. The van der Waals surface area contributed by atoms with Crippen molar-refractivity contribution in [2.45, 2.75) is 20.1 Å². The van der Waals surface area contributed by atoms with Crippen LogP contribution in [0.4, 0.5) is 0 Å². The Labute approximate surface area is 111 Å². The van der Waals surface area contributed by atoms with Crippen LogP contribution in [-0.2, 0) is 28.2 Å². The zero-order chi connectivity index (χ0) is 15.2. The van der Waals surface area contributed by atoms with Gasteiger partial charge in [-0.25, -0.2) is 9.59 Å². The Morgan fingerprint density at radius 2 is 1.53 bits per heavy atom. The average molecular weight is 292 g/mol. The van der Waals surface area contributed by atoms with Gasteiger partial charge in [-0.3, -0.25) is 4.57 Å². The fraction of sp³-hybridized carbons (Fsp3) is 0.455. The van der Waals surface area contributed by atoms with E-state index < -0.39 is 32.4 Å². The maximum absolute atomic E-state index is 11.3. The van der Waals surface area contributed by atoms with Crippen LogP contribution in [-0.4, -0.2) is 36.4 Å². The average Bonchev–Trinajstić information content (AvgIpc) is 2.24. The van der Waals surface area contributed by atoms with E-state index in [4.69, 9.17) is 14.4 Å². The molecular weight excluding hydrogens is 275 g/mol. The highest BCUT2D eigenvalue weighted by Gasteiger charge is 2.23. The van der Waals surface area contributed by atoms with Crippen molar-refractivity contribution in [2.75, 3.05) is 13.3 Å². The van der Waals surface area contributed by atoms with E-state index in [0.29, 0.717) is 0 Å². The van der Waals surface area contributed by atoms with Gasteiger partial charge in [-0.1, -0.05) is 13.2 Å². The van der Waals surface area contributed by atoms with Crippen LogP contribution >= 0.6 is 7.60 Å². The first-order chi connectivity index (χ1) is 8.53. The second-order valence-corrected chi connectivity index (χ2v) is 5.76. The molecule has 0 aromatic carbocycles. The van der Waals surface area contributed by atoms with E-state index in [1.807, 2.05) is 0 Å². The summed E-state index contributed by atoms with van der Waals surface area (Å²) in [7, 11) is -3.78. The summed E-state index contributed by atoms with van der Waals surface area (Å²) < 4.78 is 25.0. The smallest absolute Gasteiger partial charge is 0.336 e. The van der Waals surface area contributed by atoms with E-state index in [2.05, 4.69) is 17.7 Å². The molecule has 8 heteroatoms. The molecule has 0 saturated carbocycles. The molecular formula is C11H17O7P. The van der Waals surface area contributed by atoms with Crippen molar-refractivity contribution in [3.63, 3.8) is 0 Å². The van der Waals surface area contributed by atoms with E-state index in [1.54, 1.807) is 0 Å². The Hall–Kier alpha value is -1.43. The number of rotatable bonds is 7. The molecule has 0 amide bonds. The van der Waals surface area contributed by atoms with Crippen molar-refractivity contribution < 1.29 is 33.0 Å². The monoisotopic (exact) mass is 292 g/mol. The molecule has 108 valence electrons. The maximum atomic E-state index is 11.3. The molecule has 19 heavy (non-hydrogen) atoms. The lowest BCUT2D eigenvalue weighted by Gasteiger charge is -2.19. The topological polar surface area (TPSA) is 99.1 Å². The molecule has 0 spiro atoms. The zero-order valence-corrected chi connectivity index (χ0v) is 11.9. The fourth-order valence-electron chi connectivity index (χ4n) is 0.731. The van der Waals surface area contributed by atoms with Crippen molar-refractivity contribution in [1.29, 1.82) is 0 Å². The Balaban J connectivity index is 4.68. The first kappa shape index (κ1) is 17.6. The minimum absolute atomic E-state index is 0.0834. The lowest BCUT2D eigenvalue weighted by molar-refractivity contribution is -0.187. The van der Waals surface area contributed by atoms with Crippen molar-refractivity contribution in [3.05, 3.63) is 24.3 Å². The van der Waals surface area contributed by atoms with Gasteiger partial charge >= 0.3 is 19.5 Å². The van der Waals surface area contributed by atoms with Crippen molar-refractivity contribution in [1.82, 2.24) is 0 Å². The van der Waals surface area contributed by atoms with Gasteiger partial charge in [-0.2, -0.15) is 0 Å². The number of hydrogen-bond donors (Lipinski definition) is 1. The Kier molecular flexibility index (Phi) is 6.69. The number of carbonyl (C=O) groups is 2. The summed E-state index contributed by atoms with van der Waals surface area (Å²) in [5, 5.41) is 0. The second kappa shape index (κ2) is 7.23. The summed E-state index contributed by atoms with van der Waals surface area (Å²) in [6.45, 7) is 9.89. The van der Waals surface area contributed by atoms with Crippen LogP contribution in [0.1, 0.15) is 13.8 Å². The van der Waals surface area contributed by atoms with Gasteiger partial charge in [0.25, 0.3) is 6.29 Å². The van der Waals surface area contributed by atoms with Crippen molar-refractivity contribution in [2.24, 2.45) is 0 Å². The summed E-state index contributed by atoms with van der Waals surface area (Å²) in [5.74, 6) is -1.63. The first-order valence-electron chi connectivity index (χ1n) is 5.20. The zero-order valence-electron chi connectivity index (χ0n) is 11.0. The Morgan fingerprint density at radius 1 is 1.16 bits per heavy atom. The van der Waals surface area contributed by atoms with Gasteiger partial charge in [0.2, 0.25) is 0 Å². The van der Waals surface area contributed by atoms with Crippen molar-refractivity contribution >= 4 is 19.5 Å². The van der Waals surface area contributed by atoms with Gasteiger partial charge in [0, 0.05) is 17.8 Å². The van der Waals surface area contributed by atoms with Crippen molar-refractivity contribution in [3.8, 4) is 0 Å². The molecule has 1 N–H and O–H groups in total. The highest BCUT2D eigenvalue weighted by atomic mass is 31.2. The minimum atomic E-state index is -3.78. The van der Waals surface area contributed by atoms with E-state index >= 15 is 0 Å². The summed E-state index contributed by atoms with van der Waals surface area (Å²) >= 11 is 0. The highest BCUT2D eigenvalue weighted by molar-refractivity contribution is 7.51. The van der Waals surface area contributed by atoms with Gasteiger partial charge in [0.1, 0.15) is 6.61 Å². The molecule has 7 nitrogen and oxygen atoms in total. The van der Waals surface area contributed by atoms with Gasteiger partial charge in [0.05, 0.1) is 0 Å². The normalized spacial score (nSPS) is 13.5. The molecule has 0 radical (unpaired) electrons. The first-order valence-corrected chi connectivity index (χ1v) is 7.23.